The molecule has 0 aliphatic rings. The molecule has 2 rings (SSSR count). The number of ether oxygens (including phenoxy) is 2. The van der Waals surface area contributed by atoms with Crippen molar-refractivity contribution in [1.29, 1.82) is 0 Å². The summed E-state index contributed by atoms with van der Waals surface area (Å²) < 4.78 is 9.71. The lowest BCUT2D eigenvalue weighted by atomic mass is 10.0. The Hall–Kier alpha value is -3.19. The Labute approximate surface area is 189 Å². The van der Waals surface area contributed by atoms with Gasteiger partial charge in [-0.2, -0.15) is 0 Å². The monoisotopic (exact) mass is 440 g/mol. The van der Waals surface area contributed by atoms with E-state index in [0.29, 0.717) is 17.9 Å². The van der Waals surface area contributed by atoms with E-state index in [4.69, 9.17) is 9.47 Å². The first-order chi connectivity index (χ1) is 15.3. The maximum absolute atomic E-state index is 12.6. The zero-order valence-electron chi connectivity index (χ0n) is 19.1. The maximum Gasteiger partial charge on any atom is 0.324 e. The van der Waals surface area contributed by atoms with Gasteiger partial charge in [-0.3, -0.25) is 19.7 Å². The molecule has 0 unspecified atom stereocenters. The van der Waals surface area contributed by atoms with Crippen molar-refractivity contribution in [2.24, 2.45) is 5.92 Å². The molecule has 0 spiro atoms. The molecule has 7 heteroatoms. The van der Waals surface area contributed by atoms with Gasteiger partial charge in [0.2, 0.25) is 0 Å². The SMILES string of the molecule is COC(=O)[C@H](CCC(C)C)N[C@@H](CNC(=O)c1ccc(-c2ccccc2)cc1)C(=O)OC. The molecule has 2 aromatic rings. The molecule has 2 aromatic carbocycles. The van der Waals surface area contributed by atoms with Gasteiger partial charge >= 0.3 is 11.9 Å². The van der Waals surface area contributed by atoms with Crippen LogP contribution < -0.4 is 10.6 Å². The normalized spacial score (nSPS) is 12.7. The summed E-state index contributed by atoms with van der Waals surface area (Å²) >= 11 is 0. The summed E-state index contributed by atoms with van der Waals surface area (Å²) in [5, 5.41) is 5.73. The molecule has 0 aromatic heterocycles. The highest BCUT2D eigenvalue weighted by molar-refractivity contribution is 5.95. The van der Waals surface area contributed by atoms with Crippen molar-refractivity contribution in [3.63, 3.8) is 0 Å². The predicted octanol–water partition coefficient (Wildman–Crippen LogP) is 3.19. The Kier molecular flexibility index (Phi) is 9.88. The van der Waals surface area contributed by atoms with Crippen molar-refractivity contribution >= 4 is 17.8 Å². The Morgan fingerprint density at radius 3 is 1.91 bits per heavy atom. The quantitative estimate of drug-likeness (QED) is 0.521. The molecule has 172 valence electrons. The van der Waals surface area contributed by atoms with Gasteiger partial charge in [-0.25, -0.2) is 0 Å². The van der Waals surface area contributed by atoms with Crippen LogP contribution in [-0.4, -0.2) is 50.7 Å². The standard InChI is InChI=1S/C25H32N2O5/c1-17(2)10-15-21(24(29)31-3)27-22(25(30)32-4)16-26-23(28)20-13-11-19(12-14-20)18-8-6-5-7-9-18/h5-9,11-14,17,21-22,27H,10,15-16H2,1-4H3,(H,26,28)/t21-,22-/m0/s1. The zero-order chi connectivity index (χ0) is 23.5. The van der Waals surface area contributed by atoms with Crippen molar-refractivity contribution in [3.8, 4) is 11.1 Å². The van der Waals surface area contributed by atoms with E-state index in [0.717, 1.165) is 17.5 Å². The number of carbonyl (C=O) groups is 3. The molecule has 7 nitrogen and oxygen atoms in total. The van der Waals surface area contributed by atoms with Crippen LogP contribution in [0.15, 0.2) is 54.6 Å². The molecular weight excluding hydrogens is 408 g/mol. The molecule has 2 atom stereocenters. The lowest BCUT2D eigenvalue weighted by Crippen LogP contribution is -2.53. The Bertz CT molecular complexity index is 881. The molecule has 1 amide bonds. The van der Waals surface area contributed by atoms with Gasteiger partial charge in [0.25, 0.3) is 5.91 Å². The molecule has 0 saturated heterocycles. The molecule has 2 N–H and O–H groups in total. The lowest BCUT2D eigenvalue weighted by molar-refractivity contribution is -0.146. The van der Waals surface area contributed by atoms with E-state index in [1.54, 1.807) is 12.1 Å². The van der Waals surface area contributed by atoms with Crippen molar-refractivity contribution < 1.29 is 23.9 Å². The van der Waals surface area contributed by atoms with Crippen LogP contribution in [0.3, 0.4) is 0 Å². The lowest BCUT2D eigenvalue weighted by Gasteiger charge is -2.23. The maximum atomic E-state index is 12.6. The summed E-state index contributed by atoms with van der Waals surface area (Å²) in [5.74, 6) is -0.957. The fourth-order valence-corrected chi connectivity index (χ4v) is 3.25. The van der Waals surface area contributed by atoms with E-state index < -0.39 is 24.0 Å². The fraction of sp³-hybridized carbons (Fsp3) is 0.400. The Morgan fingerprint density at radius 2 is 1.34 bits per heavy atom. The summed E-state index contributed by atoms with van der Waals surface area (Å²) in [4.78, 5) is 37.0. The second-order valence-electron chi connectivity index (χ2n) is 7.94. The van der Waals surface area contributed by atoms with Crippen molar-refractivity contribution in [1.82, 2.24) is 10.6 Å². The second-order valence-corrected chi connectivity index (χ2v) is 7.94. The smallest absolute Gasteiger partial charge is 0.324 e. The van der Waals surface area contributed by atoms with Gasteiger partial charge in [0.15, 0.2) is 0 Å². The van der Waals surface area contributed by atoms with E-state index in [1.165, 1.54) is 14.2 Å². The van der Waals surface area contributed by atoms with Gasteiger partial charge in [-0.1, -0.05) is 56.3 Å². The van der Waals surface area contributed by atoms with Gasteiger partial charge in [-0.15, -0.1) is 0 Å². The van der Waals surface area contributed by atoms with Crippen LogP contribution >= 0.6 is 0 Å². The van der Waals surface area contributed by atoms with Crippen LogP contribution in [0, 0.1) is 5.92 Å². The van der Waals surface area contributed by atoms with Gasteiger partial charge in [-0.05, 0) is 42.0 Å². The third-order valence-electron chi connectivity index (χ3n) is 5.13. The van der Waals surface area contributed by atoms with Crippen LogP contribution in [0.5, 0.6) is 0 Å². The second kappa shape index (κ2) is 12.6. The molecular formula is C25H32N2O5. The molecule has 32 heavy (non-hydrogen) atoms. The fourth-order valence-electron chi connectivity index (χ4n) is 3.25. The largest absolute Gasteiger partial charge is 0.468 e. The first-order valence-corrected chi connectivity index (χ1v) is 10.7. The first kappa shape index (κ1) is 25.1. The Balaban J connectivity index is 2.03. The minimum atomic E-state index is -0.885. The number of amides is 1. The average molecular weight is 441 g/mol. The topological polar surface area (TPSA) is 93.7 Å². The number of esters is 2. The van der Waals surface area contributed by atoms with Crippen LogP contribution in [0.2, 0.25) is 0 Å². The van der Waals surface area contributed by atoms with E-state index in [1.807, 2.05) is 42.5 Å². The van der Waals surface area contributed by atoms with E-state index in [2.05, 4.69) is 24.5 Å². The molecule has 0 radical (unpaired) electrons. The first-order valence-electron chi connectivity index (χ1n) is 10.7. The molecule has 0 fully saturated rings. The predicted molar refractivity (Wildman–Crippen MR) is 123 cm³/mol. The summed E-state index contributed by atoms with van der Waals surface area (Å²) in [6.45, 7) is 4.08. The van der Waals surface area contributed by atoms with Crippen LogP contribution in [-0.2, 0) is 19.1 Å². The van der Waals surface area contributed by atoms with Crippen molar-refractivity contribution in [2.75, 3.05) is 20.8 Å². The number of rotatable bonds is 11. The number of methoxy groups -OCH3 is 2. The minimum absolute atomic E-state index is 0.0267. The molecule has 0 aliphatic carbocycles. The van der Waals surface area contributed by atoms with Crippen molar-refractivity contribution in [2.45, 2.75) is 38.8 Å². The number of hydrogen-bond donors (Lipinski definition) is 2. The van der Waals surface area contributed by atoms with Gasteiger partial charge in [0.05, 0.1) is 14.2 Å². The molecule has 0 heterocycles. The number of hydrogen-bond acceptors (Lipinski definition) is 6. The molecule has 0 saturated carbocycles. The highest BCUT2D eigenvalue weighted by Crippen LogP contribution is 2.19. The van der Waals surface area contributed by atoms with Crippen molar-refractivity contribution in [3.05, 3.63) is 60.2 Å². The van der Waals surface area contributed by atoms with Gasteiger partial charge in [0.1, 0.15) is 12.1 Å². The zero-order valence-corrected chi connectivity index (χ0v) is 19.1. The number of nitrogens with one attached hydrogen (secondary N) is 2. The van der Waals surface area contributed by atoms with Gasteiger partial charge in [0, 0.05) is 12.1 Å². The third kappa shape index (κ3) is 7.50. The summed E-state index contributed by atoms with van der Waals surface area (Å²) in [5.41, 5.74) is 2.53. The van der Waals surface area contributed by atoms with E-state index in [-0.39, 0.29) is 12.5 Å². The minimum Gasteiger partial charge on any atom is -0.468 e. The van der Waals surface area contributed by atoms with E-state index in [9.17, 15) is 14.4 Å². The number of benzene rings is 2. The highest BCUT2D eigenvalue weighted by atomic mass is 16.5. The van der Waals surface area contributed by atoms with Crippen LogP contribution in [0.4, 0.5) is 0 Å². The van der Waals surface area contributed by atoms with Crippen LogP contribution in [0.25, 0.3) is 11.1 Å². The summed E-state index contributed by atoms with van der Waals surface area (Å²) in [7, 11) is 2.57. The Morgan fingerprint density at radius 1 is 0.781 bits per heavy atom. The summed E-state index contributed by atoms with van der Waals surface area (Å²) in [6, 6.07) is 15.5. The summed E-state index contributed by atoms with van der Waals surface area (Å²) in [6.07, 6.45) is 1.29. The van der Waals surface area contributed by atoms with Gasteiger partial charge < -0.3 is 14.8 Å². The highest BCUT2D eigenvalue weighted by Gasteiger charge is 2.28. The van der Waals surface area contributed by atoms with E-state index >= 15 is 0 Å². The third-order valence-corrected chi connectivity index (χ3v) is 5.13. The average Bonchev–Trinajstić information content (AvgIpc) is 2.82. The molecule has 0 aliphatic heterocycles. The van der Waals surface area contributed by atoms with Crippen LogP contribution in [0.1, 0.15) is 37.0 Å². The number of carbonyl (C=O) groups excluding carboxylic acids is 3. The molecule has 0 bridgehead atoms.